The van der Waals surface area contributed by atoms with Crippen molar-refractivity contribution in [2.75, 3.05) is 26.8 Å². The summed E-state index contributed by atoms with van der Waals surface area (Å²) in [6, 6.07) is 0. The first-order chi connectivity index (χ1) is 7.36. The van der Waals surface area contributed by atoms with Gasteiger partial charge < -0.3 is 14.8 Å². The maximum absolute atomic E-state index is 5.84. The minimum Gasteiger partial charge on any atom is -0.381 e. The van der Waals surface area contributed by atoms with E-state index < -0.39 is 0 Å². The fraction of sp³-hybridized carbons (Fsp3) is 1.00. The summed E-state index contributed by atoms with van der Waals surface area (Å²) in [4.78, 5) is 0. The molecular weight excluding hydrogens is 190 g/mol. The lowest BCUT2D eigenvalue weighted by Crippen LogP contribution is -2.28. The Morgan fingerprint density at radius 2 is 2.07 bits per heavy atom. The number of nitrogens with one attached hydrogen (secondary N) is 1. The Labute approximate surface area is 93.5 Å². The highest BCUT2D eigenvalue weighted by Gasteiger charge is 2.21. The van der Waals surface area contributed by atoms with E-state index in [9.17, 15) is 0 Å². The van der Waals surface area contributed by atoms with Crippen molar-refractivity contribution in [1.82, 2.24) is 5.32 Å². The summed E-state index contributed by atoms with van der Waals surface area (Å²) in [7, 11) is 1.80. The van der Waals surface area contributed by atoms with Crippen molar-refractivity contribution in [3.05, 3.63) is 0 Å². The van der Waals surface area contributed by atoms with Gasteiger partial charge in [0.25, 0.3) is 0 Å². The predicted octanol–water partition coefficient (Wildman–Crippen LogP) is 1.96. The molecule has 1 aliphatic rings. The van der Waals surface area contributed by atoms with Gasteiger partial charge >= 0.3 is 0 Å². The highest BCUT2D eigenvalue weighted by atomic mass is 16.5. The number of ether oxygens (including phenoxy) is 2. The lowest BCUT2D eigenvalue weighted by molar-refractivity contribution is -0.0297. The Bertz CT molecular complexity index is 153. The zero-order chi connectivity index (χ0) is 10.9. The lowest BCUT2D eigenvalue weighted by atomic mass is 9.95. The summed E-state index contributed by atoms with van der Waals surface area (Å²) >= 11 is 0. The minimum absolute atomic E-state index is 0.428. The van der Waals surface area contributed by atoms with Gasteiger partial charge in [-0.2, -0.15) is 0 Å². The molecule has 0 radical (unpaired) electrons. The van der Waals surface area contributed by atoms with Gasteiger partial charge in [0.15, 0.2) is 0 Å². The maximum atomic E-state index is 5.84. The first kappa shape index (κ1) is 12.9. The Morgan fingerprint density at radius 1 is 1.27 bits per heavy atom. The van der Waals surface area contributed by atoms with Crippen LogP contribution in [0, 0.1) is 0 Å². The largest absolute Gasteiger partial charge is 0.381 e. The summed E-state index contributed by atoms with van der Waals surface area (Å²) < 4.78 is 11.2. The van der Waals surface area contributed by atoms with Crippen molar-refractivity contribution in [3.63, 3.8) is 0 Å². The Hall–Kier alpha value is -0.120. The van der Waals surface area contributed by atoms with Gasteiger partial charge in [0.2, 0.25) is 0 Å². The van der Waals surface area contributed by atoms with Gasteiger partial charge in [0.05, 0.1) is 12.2 Å². The summed E-state index contributed by atoms with van der Waals surface area (Å²) in [5.74, 6) is 0. The SMILES string of the molecule is CCNCCCOC1CCCC(OC)C1. The van der Waals surface area contributed by atoms with E-state index in [0.29, 0.717) is 12.2 Å². The molecule has 1 aliphatic carbocycles. The predicted molar refractivity (Wildman–Crippen MR) is 62.2 cm³/mol. The topological polar surface area (TPSA) is 30.5 Å². The second kappa shape index (κ2) is 8.08. The van der Waals surface area contributed by atoms with E-state index in [2.05, 4.69) is 12.2 Å². The van der Waals surface area contributed by atoms with Crippen LogP contribution in [0.3, 0.4) is 0 Å². The zero-order valence-electron chi connectivity index (χ0n) is 10.1. The highest BCUT2D eigenvalue weighted by Crippen LogP contribution is 2.22. The molecule has 3 heteroatoms. The van der Waals surface area contributed by atoms with Crippen molar-refractivity contribution in [1.29, 1.82) is 0 Å². The van der Waals surface area contributed by atoms with E-state index >= 15 is 0 Å². The summed E-state index contributed by atoms with van der Waals surface area (Å²) in [5, 5.41) is 3.30. The van der Waals surface area contributed by atoms with Crippen LogP contribution in [0.15, 0.2) is 0 Å². The van der Waals surface area contributed by atoms with E-state index in [4.69, 9.17) is 9.47 Å². The third kappa shape index (κ3) is 5.50. The van der Waals surface area contributed by atoms with E-state index in [0.717, 1.165) is 32.5 Å². The molecule has 1 saturated carbocycles. The average molecular weight is 215 g/mol. The van der Waals surface area contributed by atoms with Gasteiger partial charge in [-0.3, -0.25) is 0 Å². The fourth-order valence-electron chi connectivity index (χ4n) is 2.09. The molecule has 0 spiro atoms. The standard InChI is InChI=1S/C12H25NO2/c1-3-13-8-5-9-15-12-7-4-6-11(10-12)14-2/h11-13H,3-10H2,1-2H3. The molecule has 90 valence electrons. The van der Waals surface area contributed by atoms with E-state index in [-0.39, 0.29) is 0 Å². The van der Waals surface area contributed by atoms with Crippen molar-refractivity contribution >= 4 is 0 Å². The molecule has 3 nitrogen and oxygen atoms in total. The van der Waals surface area contributed by atoms with Crippen LogP contribution in [-0.4, -0.2) is 39.0 Å². The molecule has 0 bridgehead atoms. The third-order valence-electron chi connectivity index (χ3n) is 3.01. The van der Waals surface area contributed by atoms with Gasteiger partial charge in [0, 0.05) is 13.7 Å². The normalized spacial score (nSPS) is 26.8. The van der Waals surface area contributed by atoms with Crippen LogP contribution in [0.5, 0.6) is 0 Å². The van der Waals surface area contributed by atoms with Crippen LogP contribution in [0.4, 0.5) is 0 Å². The summed E-state index contributed by atoms with van der Waals surface area (Å²) in [6.07, 6.45) is 6.72. The molecule has 0 aromatic heterocycles. The third-order valence-corrected chi connectivity index (χ3v) is 3.01. The van der Waals surface area contributed by atoms with Gasteiger partial charge in [0.1, 0.15) is 0 Å². The second-order valence-electron chi connectivity index (χ2n) is 4.22. The van der Waals surface area contributed by atoms with Crippen LogP contribution >= 0.6 is 0 Å². The van der Waals surface area contributed by atoms with Crippen molar-refractivity contribution in [2.24, 2.45) is 0 Å². The van der Waals surface area contributed by atoms with Gasteiger partial charge in [-0.1, -0.05) is 6.92 Å². The molecule has 0 saturated heterocycles. The zero-order valence-corrected chi connectivity index (χ0v) is 10.1. The molecule has 0 aromatic rings. The van der Waals surface area contributed by atoms with E-state index in [1.165, 1.54) is 19.3 Å². The number of rotatable bonds is 7. The van der Waals surface area contributed by atoms with Gasteiger partial charge in [-0.05, 0) is 45.2 Å². The van der Waals surface area contributed by atoms with Crippen LogP contribution in [0.25, 0.3) is 0 Å². The Kier molecular flexibility index (Phi) is 6.98. The van der Waals surface area contributed by atoms with Crippen molar-refractivity contribution < 1.29 is 9.47 Å². The van der Waals surface area contributed by atoms with Gasteiger partial charge in [-0.25, -0.2) is 0 Å². The molecule has 0 heterocycles. The average Bonchev–Trinajstić information content (AvgIpc) is 2.29. The van der Waals surface area contributed by atoms with Crippen molar-refractivity contribution in [3.8, 4) is 0 Å². The van der Waals surface area contributed by atoms with Crippen molar-refractivity contribution in [2.45, 2.75) is 51.2 Å². The van der Waals surface area contributed by atoms with E-state index in [1.54, 1.807) is 7.11 Å². The molecular formula is C12H25NO2. The smallest absolute Gasteiger partial charge is 0.0599 e. The monoisotopic (exact) mass is 215 g/mol. The quantitative estimate of drug-likeness (QED) is 0.659. The minimum atomic E-state index is 0.428. The number of hydrogen-bond donors (Lipinski definition) is 1. The molecule has 2 unspecified atom stereocenters. The number of hydrogen-bond acceptors (Lipinski definition) is 3. The highest BCUT2D eigenvalue weighted by molar-refractivity contribution is 4.73. The Morgan fingerprint density at radius 3 is 2.80 bits per heavy atom. The second-order valence-corrected chi connectivity index (χ2v) is 4.22. The molecule has 15 heavy (non-hydrogen) atoms. The van der Waals surface area contributed by atoms with Crippen LogP contribution in [0.1, 0.15) is 39.0 Å². The lowest BCUT2D eigenvalue weighted by Gasteiger charge is -2.28. The molecule has 0 aliphatic heterocycles. The maximum Gasteiger partial charge on any atom is 0.0599 e. The first-order valence-electron chi connectivity index (χ1n) is 6.22. The van der Waals surface area contributed by atoms with Gasteiger partial charge in [-0.15, -0.1) is 0 Å². The number of methoxy groups -OCH3 is 1. The molecule has 0 amide bonds. The first-order valence-corrected chi connectivity index (χ1v) is 6.22. The molecule has 2 atom stereocenters. The summed E-state index contributed by atoms with van der Waals surface area (Å²) in [6.45, 7) is 5.13. The molecule has 1 rings (SSSR count). The molecule has 0 aromatic carbocycles. The summed E-state index contributed by atoms with van der Waals surface area (Å²) in [5.41, 5.74) is 0. The van der Waals surface area contributed by atoms with Crippen LogP contribution < -0.4 is 5.32 Å². The van der Waals surface area contributed by atoms with Crippen LogP contribution in [-0.2, 0) is 9.47 Å². The molecule has 1 N–H and O–H groups in total. The fourth-order valence-corrected chi connectivity index (χ4v) is 2.09. The van der Waals surface area contributed by atoms with E-state index in [1.807, 2.05) is 0 Å². The molecule has 1 fully saturated rings. The van der Waals surface area contributed by atoms with Crippen LogP contribution in [0.2, 0.25) is 0 Å². The Balaban J connectivity index is 2.00.